The highest BCUT2D eigenvalue weighted by Crippen LogP contribution is 2.34. The van der Waals surface area contributed by atoms with Crippen LogP contribution in [-0.4, -0.2) is 27.6 Å². The van der Waals surface area contributed by atoms with E-state index < -0.39 is 17.2 Å². The van der Waals surface area contributed by atoms with E-state index in [4.69, 9.17) is 4.74 Å². The van der Waals surface area contributed by atoms with Gasteiger partial charge in [0.15, 0.2) is 0 Å². The van der Waals surface area contributed by atoms with Crippen LogP contribution < -0.4 is 10.3 Å². The van der Waals surface area contributed by atoms with Crippen molar-refractivity contribution in [2.75, 3.05) is 7.11 Å². The molecule has 186 valence electrons. The van der Waals surface area contributed by atoms with Crippen molar-refractivity contribution in [3.05, 3.63) is 105 Å². The maximum absolute atomic E-state index is 13.9. The van der Waals surface area contributed by atoms with Gasteiger partial charge in [-0.3, -0.25) is 9.59 Å². The van der Waals surface area contributed by atoms with Crippen LogP contribution in [0.3, 0.4) is 0 Å². The highest BCUT2D eigenvalue weighted by atomic mass is 19.1. The van der Waals surface area contributed by atoms with Crippen molar-refractivity contribution < 1.29 is 19.0 Å². The lowest BCUT2D eigenvalue weighted by atomic mass is 10.0. The Kier molecular flexibility index (Phi) is 7.10. The van der Waals surface area contributed by atoms with E-state index in [0.29, 0.717) is 22.7 Å². The number of methoxy groups -OCH3 is 1. The number of hydrogen-bond donors (Lipinski definition) is 1. The van der Waals surface area contributed by atoms with Gasteiger partial charge in [-0.25, -0.2) is 4.39 Å². The van der Waals surface area contributed by atoms with Crippen LogP contribution in [0.15, 0.2) is 71.5 Å². The Labute approximate surface area is 209 Å². The summed E-state index contributed by atoms with van der Waals surface area (Å²) < 4.78 is 20.2. The molecule has 4 aromatic rings. The summed E-state index contributed by atoms with van der Waals surface area (Å²) in [6, 6.07) is 18.8. The predicted octanol–water partition coefficient (Wildman–Crippen LogP) is 5.36. The zero-order valence-electron chi connectivity index (χ0n) is 20.8. The van der Waals surface area contributed by atoms with Crippen LogP contribution in [0.25, 0.3) is 10.9 Å². The first-order valence-electron chi connectivity index (χ1n) is 11.7. The number of rotatable bonds is 7. The summed E-state index contributed by atoms with van der Waals surface area (Å²) in [6.45, 7) is 4.52. The van der Waals surface area contributed by atoms with Crippen LogP contribution in [0.5, 0.6) is 11.5 Å². The quantitative estimate of drug-likeness (QED) is 0.380. The first-order chi connectivity index (χ1) is 17.2. The molecule has 0 atom stereocenters. The molecular weight excluding hydrogens is 459 g/mol. The standard InChI is InChI=1S/C29H29FN2O4/c1-18(2)21-12-8-19(9-13-21)16-32(17-20-10-14-22(30)15-11-20)29(35)26-27(33)25-23(31(3)28(26)34)6-5-7-24(25)36-4/h5-15,18,33H,16-17H2,1-4H3. The molecule has 0 saturated carbocycles. The molecule has 1 aromatic heterocycles. The van der Waals surface area contributed by atoms with Crippen molar-refractivity contribution in [1.82, 2.24) is 9.47 Å². The van der Waals surface area contributed by atoms with Gasteiger partial charge in [0, 0.05) is 20.1 Å². The molecule has 0 bridgehead atoms. The summed E-state index contributed by atoms with van der Waals surface area (Å²) in [5.41, 5.74) is 2.22. The maximum Gasteiger partial charge on any atom is 0.267 e. The number of pyridine rings is 1. The molecule has 1 N–H and O–H groups in total. The number of benzene rings is 3. The summed E-state index contributed by atoms with van der Waals surface area (Å²) in [5.74, 6) is -0.713. The Hall–Kier alpha value is -4.13. The average molecular weight is 489 g/mol. The smallest absolute Gasteiger partial charge is 0.267 e. The zero-order chi connectivity index (χ0) is 26.0. The third kappa shape index (κ3) is 4.82. The van der Waals surface area contributed by atoms with E-state index in [1.807, 2.05) is 24.3 Å². The largest absolute Gasteiger partial charge is 0.506 e. The molecule has 3 aromatic carbocycles. The van der Waals surface area contributed by atoms with E-state index in [-0.39, 0.29) is 29.9 Å². The molecule has 0 radical (unpaired) electrons. The maximum atomic E-state index is 13.9. The molecule has 1 amide bonds. The van der Waals surface area contributed by atoms with Crippen molar-refractivity contribution in [1.29, 1.82) is 0 Å². The minimum atomic E-state index is -0.627. The van der Waals surface area contributed by atoms with Gasteiger partial charge < -0.3 is 19.3 Å². The van der Waals surface area contributed by atoms with Gasteiger partial charge in [0.2, 0.25) is 0 Å². The van der Waals surface area contributed by atoms with Crippen molar-refractivity contribution >= 4 is 16.8 Å². The molecule has 0 fully saturated rings. The topological polar surface area (TPSA) is 71.8 Å². The lowest BCUT2D eigenvalue weighted by Crippen LogP contribution is -2.36. The van der Waals surface area contributed by atoms with E-state index in [2.05, 4.69) is 13.8 Å². The van der Waals surface area contributed by atoms with Gasteiger partial charge in [-0.1, -0.05) is 56.3 Å². The van der Waals surface area contributed by atoms with Crippen LogP contribution in [0.1, 0.15) is 46.8 Å². The first kappa shape index (κ1) is 25.0. The van der Waals surface area contributed by atoms with Crippen LogP contribution >= 0.6 is 0 Å². The molecule has 0 unspecified atom stereocenters. The van der Waals surface area contributed by atoms with E-state index in [1.54, 1.807) is 37.4 Å². The fourth-order valence-corrected chi connectivity index (χ4v) is 4.30. The highest BCUT2D eigenvalue weighted by Gasteiger charge is 2.27. The van der Waals surface area contributed by atoms with Crippen LogP contribution in [-0.2, 0) is 20.1 Å². The fourth-order valence-electron chi connectivity index (χ4n) is 4.30. The van der Waals surface area contributed by atoms with Gasteiger partial charge >= 0.3 is 0 Å². The van der Waals surface area contributed by atoms with Crippen molar-refractivity contribution in [2.24, 2.45) is 7.05 Å². The highest BCUT2D eigenvalue weighted by molar-refractivity contribution is 6.04. The van der Waals surface area contributed by atoms with Crippen molar-refractivity contribution in [2.45, 2.75) is 32.9 Å². The number of nitrogens with zero attached hydrogens (tertiary/aromatic N) is 2. The number of aromatic nitrogens is 1. The molecule has 0 aliphatic carbocycles. The third-order valence-corrected chi connectivity index (χ3v) is 6.39. The summed E-state index contributed by atoms with van der Waals surface area (Å²) in [6.07, 6.45) is 0. The number of aromatic hydroxyl groups is 1. The number of ether oxygens (including phenoxy) is 1. The minimum absolute atomic E-state index is 0.123. The number of carbonyl (C=O) groups excluding carboxylic acids is 1. The number of hydrogen-bond acceptors (Lipinski definition) is 4. The lowest BCUT2D eigenvalue weighted by Gasteiger charge is -2.24. The van der Waals surface area contributed by atoms with E-state index >= 15 is 0 Å². The normalized spacial score (nSPS) is 11.2. The second-order valence-electron chi connectivity index (χ2n) is 9.13. The third-order valence-electron chi connectivity index (χ3n) is 6.39. The van der Waals surface area contributed by atoms with Gasteiger partial charge in [0.05, 0.1) is 18.0 Å². The SMILES string of the molecule is COc1cccc2c1c(O)c(C(=O)N(Cc1ccc(F)cc1)Cc1ccc(C(C)C)cc1)c(=O)n2C. The fraction of sp³-hybridized carbons (Fsp3) is 0.241. The summed E-state index contributed by atoms with van der Waals surface area (Å²) in [7, 11) is 3.01. The molecule has 0 spiro atoms. The molecular formula is C29H29FN2O4. The Morgan fingerprint density at radius 1 is 1.00 bits per heavy atom. The molecule has 6 nitrogen and oxygen atoms in total. The Balaban J connectivity index is 1.81. The van der Waals surface area contributed by atoms with Crippen LogP contribution in [0.2, 0.25) is 0 Å². The Morgan fingerprint density at radius 2 is 1.58 bits per heavy atom. The summed E-state index contributed by atoms with van der Waals surface area (Å²) in [5, 5.41) is 11.4. The number of fused-ring (bicyclic) bond motifs is 1. The number of aryl methyl sites for hydroxylation is 1. The van der Waals surface area contributed by atoms with Crippen LogP contribution in [0, 0.1) is 5.82 Å². The Morgan fingerprint density at radius 3 is 2.14 bits per heavy atom. The minimum Gasteiger partial charge on any atom is -0.506 e. The Bertz CT molecular complexity index is 1460. The van der Waals surface area contributed by atoms with Gasteiger partial charge in [-0.15, -0.1) is 0 Å². The van der Waals surface area contributed by atoms with Gasteiger partial charge in [-0.2, -0.15) is 0 Å². The number of amides is 1. The molecule has 0 aliphatic heterocycles. The van der Waals surface area contributed by atoms with E-state index in [9.17, 15) is 19.1 Å². The monoisotopic (exact) mass is 488 g/mol. The van der Waals surface area contributed by atoms with Gasteiger partial charge in [0.25, 0.3) is 11.5 Å². The molecule has 7 heteroatoms. The number of halogens is 1. The second-order valence-corrected chi connectivity index (χ2v) is 9.13. The average Bonchev–Trinajstić information content (AvgIpc) is 2.88. The molecule has 0 saturated heterocycles. The predicted molar refractivity (Wildman–Crippen MR) is 138 cm³/mol. The van der Waals surface area contributed by atoms with E-state index in [0.717, 1.165) is 5.56 Å². The number of carbonyl (C=O) groups is 1. The molecule has 1 heterocycles. The zero-order valence-corrected chi connectivity index (χ0v) is 20.8. The van der Waals surface area contributed by atoms with Gasteiger partial charge in [0.1, 0.15) is 22.9 Å². The molecule has 0 aliphatic rings. The van der Waals surface area contributed by atoms with E-state index in [1.165, 1.54) is 34.3 Å². The first-order valence-corrected chi connectivity index (χ1v) is 11.7. The second kappa shape index (κ2) is 10.2. The van der Waals surface area contributed by atoms with Gasteiger partial charge in [-0.05, 0) is 46.9 Å². The summed E-state index contributed by atoms with van der Waals surface area (Å²) >= 11 is 0. The molecule has 4 rings (SSSR count). The van der Waals surface area contributed by atoms with Crippen LogP contribution in [0.4, 0.5) is 4.39 Å². The lowest BCUT2D eigenvalue weighted by molar-refractivity contribution is 0.0724. The molecule has 36 heavy (non-hydrogen) atoms. The van der Waals surface area contributed by atoms with Crippen molar-refractivity contribution in [3.63, 3.8) is 0 Å². The van der Waals surface area contributed by atoms with Crippen molar-refractivity contribution in [3.8, 4) is 11.5 Å². The summed E-state index contributed by atoms with van der Waals surface area (Å²) in [4.78, 5) is 28.6.